The van der Waals surface area contributed by atoms with E-state index in [-0.39, 0.29) is 10.00 Å². The maximum atomic E-state index is 13.1. The van der Waals surface area contributed by atoms with Crippen molar-refractivity contribution in [3.8, 4) is 0 Å². The normalized spacial score (nSPS) is 22.5. The van der Waals surface area contributed by atoms with Gasteiger partial charge in [0.25, 0.3) is 0 Å². The number of piperidine rings is 1. The summed E-state index contributed by atoms with van der Waals surface area (Å²) in [5, 5.41) is 3.36. The van der Waals surface area contributed by atoms with Crippen molar-refractivity contribution in [3.05, 3.63) is 70.8 Å². The van der Waals surface area contributed by atoms with Gasteiger partial charge in [0.15, 0.2) is 0 Å². The molecule has 1 fully saturated rings. The molecule has 126 valence electrons. The molecule has 2 aliphatic rings. The van der Waals surface area contributed by atoms with Gasteiger partial charge in [-0.2, -0.15) is 13.2 Å². The zero-order valence-electron chi connectivity index (χ0n) is 13.1. The number of fused-ring (bicyclic) bond motifs is 2. The lowest BCUT2D eigenvalue weighted by molar-refractivity contribution is -0.137. The molecule has 0 aliphatic carbocycles. The summed E-state index contributed by atoms with van der Waals surface area (Å²) in [4.78, 5) is 0. The number of halogens is 3. The summed E-state index contributed by atoms with van der Waals surface area (Å²) in [6.07, 6.45) is -2.26. The zero-order valence-corrected chi connectivity index (χ0v) is 13.9. The highest BCUT2D eigenvalue weighted by Crippen LogP contribution is 2.60. The Morgan fingerprint density at radius 1 is 1.00 bits per heavy atom. The number of benzene rings is 2. The summed E-state index contributed by atoms with van der Waals surface area (Å²) < 4.78 is 39.3. The predicted octanol–water partition coefficient (Wildman–Crippen LogP) is 5.12. The maximum Gasteiger partial charge on any atom is 0.416 e. The Morgan fingerprint density at radius 3 is 2.50 bits per heavy atom. The lowest BCUT2D eigenvalue weighted by Crippen LogP contribution is -2.36. The van der Waals surface area contributed by atoms with Crippen molar-refractivity contribution in [3.63, 3.8) is 0 Å². The van der Waals surface area contributed by atoms with E-state index in [0.717, 1.165) is 37.6 Å². The number of nitrogens with one attached hydrogen (secondary N) is 1. The predicted molar refractivity (Wildman–Crippen MR) is 91.1 cm³/mol. The molecular weight excluding hydrogens is 331 g/mol. The fraction of sp³-hybridized carbons (Fsp3) is 0.368. The fourth-order valence-electron chi connectivity index (χ4n) is 3.84. The summed E-state index contributed by atoms with van der Waals surface area (Å²) in [7, 11) is 0. The third-order valence-corrected chi connectivity index (χ3v) is 6.85. The van der Waals surface area contributed by atoms with Gasteiger partial charge in [-0.3, -0.25) is 0 Å². The molecule has 0 bridgehead atoms. The molecule has 1 atom stereocenters. The first-order valence-electron chi connectivity index (χ1n) is 8.15. The van der Waals surface area contributed by atoms with Crippen LogP contribution >= 0.6 is 11.8 Å². The number of thioether (sulfide) groups is 1. The molecule has 0 aromatic heterocycles. The highest BCUT2D eigenvalue weighted by atomic mass is 32.2. The van der Waals surface area contributed by atoms with Crippen LogP contribution in [0.1, 0.15) is 40.3 Å². The largest absolute Gasteiger partial charge is 0.416 e. The van der Waals surface area contributed by atoms with Crippen molar-refractivity contribution in [2.45, 2.75) is 29.0 Å². The molecule has 2 aliphatic heterocycles. The maximum absolute atomic E-state index is 13.1. The van der Waals surface area contributed by atoms with Gasteiger partial charge in [0.05, 0.1) is 10.8 Å². The Hall–Kier alpha value is -1.46. The molecule has 0 saturated carbocycles. The van der Waals surface area contributed by atoms with Crippen LogP contribution in [0.5, 0.6) is 0 Å². The second-order valence-corrected chi connectivity index (χ2v) is 7.94. The van der Waals surface area contributed by atoms with Crippen LogP contribution < -0.4 is 5.32 Å². The van der Waals surface area contributed by atoms with Crippen LogP contribution in [0.15, 0.2) is 48.5 Å². The highest BCUT2D eigenvalue weighted by Gasteiger charge is 2.45. The monoisotopic (exact) mass is 349 g/mol. The average molecular weight is 349 g/mol. The van der Waals surface area contributed by atoms with Gasteiger partial charge in [0, 0.05) is 4.75 Å². The lowest BCUT2D eigenvalue weighted by atomic mass is 9.85. The summed E-state index contributed by atoms with van der Waals surface area (Å²) in [6, 6.07) is 14.1. The van der Waals surface area contributed by atoms with E-state index < -0.39 is 11.7 Å². The molecule has 2 aromatic carbocycles. The van der Waals surface area contributed by atoms with Gasteiger partial charge in [-0.15, -0.1) is 11.8 Å². The summed E-state index contributed by atoms with van der Waals surface area (Å²) in [5.74, 6) is 0. The standard InChI is InChI=1S/C19H18F3NS/c20-19(21,22)14-5-3-4-13(12-14)17-15-6-1-2-7-16(15)18(24-17)8-10-23-11-9-18/h1-7,12,17,23H,8-11H2. The highest BCUT2D eigenvalue weighted by molar-refractivity contribution is 8.01. The van der Waals surface area contributed by atoms with E-state index in [1.54, 1.807) is 0 Å². The minimum absolute atomic E-state index is 0.0263. The van der Waals surface area contributed by atoms with Gasteiger partial charge in [-0.05, 0) is 48.7 Å². The molecule has 2 aromatic rings. The first-order chi connectivity index (χ1) is 11.5. The smallest absolute Gasteiger partial charge is 0.317 e. The van der Waals surface area contributed by atoms with Crippen LogP contribution in [0.3, 0.4) is 0 Å². The van der Waals surface area contributed by atoms with E-state index in [0.29, 0.717) is 0 Å². The van der Waals surface area contributed by atoms with Crippen molar-refractivity contribution >= 4 is 11.8 Å². The Kier molecular flexibility index (Phi) is 3.88. The SMILES string of the molecule is FC(F)(F)c1cccc(C2SC3(CCNCC3)c3ccccc32)c1. The van der Waals surface area contributed by atoms with Crippen molar-refractivity contribution in [2.75, 3.05) is 13.1 Å². The molecule has 1 unspecified atom stereocenters. The van der Waals surface area contributed by atoms with Crippen LogP contribution in [0.25, 0.3) is 0 Å². The zero-order chi connectivity index (χ0) is 16.8. The van der Waals surface area contributed by atoms with Gasteiger partial charge in [-0.1, -0.05) is 42.5 Å². The molecule has 24 heavy (non-hydrogen) atoms. The number of hydrogen-bond donors (Lipinski definition) is 1. The van der Waals surface area contributed by atoms with Gasteiger partial charge in [0.1, 0.15) is 0 Å². The van der Waals surface area contributed by atoms with E-state index in [2.05, 4.69) is 17.4 Å². The minimum Gasteiger partial charge on any atom is -0.317 e. The molecule has 5 heteroatoms. The first-order valence-corrected chi connectivity index (χ1v) is 9.03. The van der Waals surface area contributed by atoms with Crippen LogP contribution in [0.4, 0.5) is 13.2 Å². The quantitative estimate of drug-likeness (QED) is 0.767. The van der Waals surface area contributed by atoms with Gasteiger partial charge in [0.2, 0.25) is 0 Å². The Balaban J connectivity index is 1.78. The first kappa shape index (κ1) is 16.0. The fourth-order valence-corrected chi connectivity index (χ4v) is 5.66. The molecule has 0 radical (unpaired) electrons. The number of rotatable bonds is 1. The second-order valence-electron chi connectivity index (χ2n) is 6.45. The molecule has 1 nitrogen and oxygen atoms in total. The minimum atomic E-state index is -4.30. The van der Waals surface area contributed by atoms with Crippen LogP contribution in [-0.4, -0.2) is 13.1 Å². The van der Waals surface area contributed by atoms with Gasteiger partial charge in [-0.25, -0.2) is 0 Å². The third-order valence-electron chi connectivity index (χ3n) is 5.01. The van der Waals surface area contributed by atoms with E-state index >= 15 is 0 Å². The molecule has 2 heterocycles. The molecular formula is C19H18F3NS. The van der Waals surface area contributed by atoms with E-state index in [4.69, 9.17) is 0 Å². The Morgan fingerprint density at radius 2 is 1.75 bits per heavy atom. The van der Waals surface area contributed by atoms with Crippen molar-refractivity contribution in [1.29, 1.82) is 0 Å². The van der Waals surface area contributed by atoms with Crippen LogP contribution in [-0.2, 0) is 10.9 Å². The molecule has 0 amide bonds. The van der Waals surface area contributed by atoms with E-state index in [9.17, 15) is 13.2 Å². The third kappa shape index (κ3) is 2.64. The number of hydrogen-bond acceptors (Lipinski definition) is 2. The van der Waals surface area contributed by atoms with Crippen molar-refractivity contribution in [1.82, 2.24) is 5.32 Å². The molecule has 1 spiro atoms. The topological polar surface area (TPSA) is 12.0 Å². The van der Waals surface area contributed by atoms with Crippen molar-refractivity contribution < 1.29 is 13.2 Å². The Labute approximate surface area is 143 Å². The van der Waals surface area contributed by atoms with Gasteiger partial charge >= 0.3 is 6.18 Å². The summed E-state index contributed by atoms with van der Waals surface area (Å²) >= 11 is 1.83. The average Bonchev–Trinajstić information content (AvgIpc) is 2.90. The lowest BCUT2D eigenvalue weighted by Gasteiger charge is -2.34. The van der Waals surface area contributed by atoms with Crippen LogP contribution in [0, 0.1) is 0 Å². The summed E-state index contributed by atoms with van der Waals surface area (Å²) in [6.45, 7) is 1.91. The second kappa shape index (κ2) is 5.81. The number of alkyl halides is 3. The van der Waals surface area contributed by atoms with Crippen molar-refractivity contribution in [2.24, 2.45) is 0 Å². The van der Waals surface area contributed by atoms with E-state index in [1.165, 1.54) is 23.3 Å². The van der Waals surface area contributed by atoms with Crippen LogP contribution in [0.2, 0.25) is 0 Å². The molecule has 1 N–H and O–H groups in total. The molecule has 4 rings (SSSR count). The Bertz CT molecular complexity index is 750. The van der Waals surface area contributed by atoms with E-state index in [1.807, 2.05) is 30.0 Å². The van der Waals surface area contributed by atoms with Gasteiger partial charge < -0.3 is 5.32 Å². The summed E-state index contributed by atoms with van der Waals surface area (Å²) in [5.41, 5.74) is 2.66. The molecule has 1 saturated heterocycles.